The van der Waals surface area contributed by atoms with Crippen LogP contribution in [0.15, 0.2) is 82.2 Å². The number of amides is 1. The molecule has 0 saturated carbocycles. The number of thioether (sulfide) groups is 1. The number of rotatable bonds is 6. The van der Waals surface area contributed by atoms with E-state index in [1.54, 1.807) is 29.3 Å². The van der Waals surface area contributed by atoms with Gasteiger partial charge in [0.25, 0.3) is 5.91 Å². The van der Waals surface area contributed by atoms with E-state index in [4.69, 9.17) is 0 Å². The maximum atomic E-state index is 12.3. The van der Waals surface area contributed by atoms with Crippen LogP contribution in [-0.4, -0.2) is 17.1 Å². The molecule has 6 heteroatoms. The van der Waals surface area contributed by atoms with Gasteiger partial charge in [-0.2, -0.15) is 5.10 Å². The van der Waals surface area contributed by atoms with E-state index in [1.807, 2.05) is 73.7 Å². The van der Waals surface area contributed by atoms with Gasteiger partial charge in [0.05, 0.1) is 16.4 Å². The summed E-state index contributed by atoms with van der Waals surface area (Å²) in [5, 5.41) is 4.06. The van der Waals surface area contributed by atoms with Gasteiger partial charge in [-0.1, -0.05) is 60.3 Å². The largest absolute Gasteiger partial charge is 0.271 e. The molecule has 1 amide bonds. The lowest BCUT2D eigenvalue weighted by Gasteiger charge is -2.03. The van der Waals surface area contributed by atoms with E-state index in [1.165, 1.54) is 4.70 Å². The van der Waals surface area contributed by atoms with Gasteiger partial charge in [-0.25, -0.2) is 10.4 Å². The quantitative estimate of drug-likeness (QED) is 0.250. The van der Waals surface area contributed by atoms with Crippen LogP contribution in [0.1, 0.15) is 27.0 Å². The van der Waals surface area contributed by atoms with E-state index in [2.05, 4.69) is 21.6 Å². The average molecular weight is 418 g/mol. The fraction of sp³-hybridized carbons (Fsp3) is 0.0870. The molecule has 4 aromatic rings. The van der Waals surface area contributed by atoms with Gasteiger partial charge in [-0.15, -0.1) is 11.3 Å². The second kappa shape index (κ2) is 9.03. The van der Waals surface area contributed by atoms with Crippen molar-refractivity contribution in [3.8, 4) is 0 Å². The zero-order valence-corrected chi connectivity index (χ0v) is 17.5. The van der Waals surface area contributed by atoms with Crippen molar-refractivity contribution in [3.05, 3.63) is 95.1 Å². The summed E-state index contributed by atoms with van der Waals surface area (Å²) < 4.78 is 2.26. The van der Waals surface area contributed by atoms with Crippen LogP contribution < -0.4 is 5.43 Å². The predicted molar refractivity (Wildman–Crippen MR) is 122 cm³/mol. The number of para-hydroxylation sites is 1. The molecule has 0 fully saturated rings. The van der Waals surface area contributed by atoms with E-state index in [0.29, 0.717) is 5.56 Å². The summed E-state index contributed by atoms with van der Waals surface area (Å²) in [4.78, 5) is 16.9. The van der Waals surface area contributed by atoms with Gasteiger partial charge in [0.1, 0.15) is 0 Å². The Balaban J connectivity index is 1.33. The van der Waals surface area contributed by atoms with Gasteiger partial charge in [0, 0.05) is 11.3 Å². The minimum Gasteiger partial charge on any atom is -0.267 e. The van der Waals surface area contributed by atoms with Gasteiger partial charge in [-0.3, -0.25) is 4.79 Å². The highest BCUT2D eigenvalue weighted by atomic mass is 32.2. The fourth-order valence-electron chi connectivity index (χ4n) is 2.77. The third kappa shape index (κ3) is 4.91. The maximum absolute atomic E-state index is 12.3. The van der Waals surface area contributed by atoms with Crippen molar-refractivity contribution in [1.29, 1.82) is 0 Å². The monoisotopic (exact) mass is 417 g/mol. The molecule has 0 aliphatic heterocycles. The van der Waals surface area contributed by atoms with Crippen LogP contribution in [0.3, 0.4) is 0 Å². The fourth-order valence-corrected chi connectivity index (χ4v) is 4.79. The van der Waals surface area contributed by atoms with Crippen molar-refractivity contribution in [2.24, 2.45) is 5.10 Å². The Morgan fingerprint density at radius 2 is 1.83 bits per heavy atom. The zero-order chi connectivity index (χ0) is 20.1. The number of hydrogen-bond acceptors (Lipinski definition) is 5. The van der Waals surface area contributed by atoms with Crippen LogP contribution in [0.5, 0.6) is 0 Å². The van der Waals surface area contributed by atoms with Crippen molar-refractivity contribution in [1.82, 2.24) is 10.4 Å². The van der Waals surface area contributed by atoms with E-state index in [0.717, 1.165) is 32.3 Å². The Hall–Kier alpha value is -2.96. The summed E-state index contributed by atoms with van der Waals surface area (Å²) >= 11 is 3.41. The number of carbonyl (C=O) groups excluding carboxylic acids is 1. The topological polar surface area (TPSA) is 54.4 Å². The Bertz CT molecular complexity index is 1130. The van der Waals surface area contributed by atoms with E-state index in [-0.39, 0.29) is 5.91 Å². The Morgan fingerprint density at radius 1 is 1.07 bits per heavy atom. The number of hydrogen-bond donors (Lipinski definition) is 1. The predicted octanol–water partition coefficient (Wildman–Crippen LogP) is 5.66. The Labute approximate surface area is 177 Å². The van der Waals surface area contributed by atoms with Crippen molar-refractivity contribution >= 4 is 45.4 Å². The lowest BCUT2D eigenvalue weighted by atomic mass is 10.1. The number of thiazole rings is 1. The molecule has 3 aromatic carbocycles. The summed E-state index contributed by atoms with van der Waals surface area (Å²) in [7, 11) is 0. The number of benzene rings is 3. The maximum Gasteiger partial charge on any atom is 0.271 e. The number of aromatic nitrogens is 1. The van der Waals surface area contributed by atoms with Crippen LogP contribution in [0.2, 0.25) is 0 Å². The minimum atomic E-state index is -0.222. The highest BCUT2D eigenvalue weighted by Crippen LogP contribution is 2.31. The van der Waals surface area contributed by atoms with Crippen LogP contribution in [0, 0.1) is 6.92 Å². The molecule has 4 nitrogen and oxygen atoms in total. The normalized spacial score (nSPS) is 11.2. The molecule has 0 unspecified atom stereocenters. The summed E-state index contributed by atoms with van der Waals surface area (Å²) in [6.45, 7) is 2.01. The summed E-state index contributed by atoms with van der Waals surface area (Å²) in [5.41, 5.74) is 7.45. The molecular formula is C23H19N3OS2. The van der Waals surface area contributed by atoms with Crippen molar-refractivity contribution in [2.75, 3.05) is 0 Å². The zero-order valence-electron chi connectivity index (χ0n) is 15.8. The molecule has 1 heterocycles. The second-order valence-electron chi connectivity index (χ2n) is 6.49. The highest BCUT2D eigenvalue weighted by molar-refractivity contribution is 8.00. The van der Waals surface area contributed by atoms with E-state index in [9.17, 15) is 4.79 Å². The third-order valence-corrected chi connectivity index (χ3v) is 6.66. The molecule has 0 bridgehead atoms. The third-order valence-electron chi connectivity index (χ3n) is 4.41. The number of carbonyl (C=O) groups is 1. The lowest BCUT2D eigenvalue weighted by Crippen LogP contribution is -2.17. The standard InChI is InChI=1S/C23H19N3OS2/c1-16-6-2-3-7-19(16)14-24-26-22(27)18-12-10-17(11-13-18)15-28-23-25-20-8-4-5-9-21(20)29-23/h2-14H,15H2,1H3,(H,26,27)/b24-14-. The van der Waals surface area contributed by atoms with Gasteiger partial charge >= 0.3 is 0 Å². The first-order chi connectivity index (χ1) is 14.2. The van der Waals surface area contributed by atoms with Crippen LogP contribution in [0.4, 0.5) is 0 Å². The molecule has 0 radical (unpaired) electrons. The summed E-state index contributed by atoms with van der Waals surface area (Å²) in [6, 6.07) is 23.6. The highest BCUT2D eigenvalue weighted by Gasteiger charge is 2.07. The summed E-state index contributed by atoms with van der Waals surface area (Å²) in [5.74, 6) is 0.591. The van der Waals surface area contributed by atoms with Gasteiger partial charge in [0.2, 0.25) is 0 Å². The van der Waals surface area contributed by atoms with Crippen molar-refractivity contribution in [3.63, 3.8) is 0 Å². The first-order valence-electron chi connectivity index (χ1n) is 9.15. The van der Waals surface area contributed by atoms with E-state index < -0.39 is 0 Å². The molecule has 1 aromatic heterocycles. The molecule has 29 heavy (non-hydrogen) atoms. The van der Waals surface area contributed by atoms with Crippen molar-refractivity contribution < 1.29 is 4.79 Å². The number of aryl methyl sites for hydroxylation is 1. The van der Waals surface area contributed by atoms with E-state index >= 15 is 0 Å². The molecule has 0 atom stereocenters. The molecule has 4 rings (SSSR count). The van der Waals surface area contributed by atoms with Crippen LogP contribution in [0.25, 0.3) is 10.2 Å². The average Bonchev–Trinajstić information content (AvgIpc) is 3.17. The van der Waals surface area contributed by atoms with Gasteiger partial charge < -0.3 is 0 Å². The molecule has 0 aliphatic rings. The number of nitrogens with one attached hydrogen (secondary N) is 1. The Kier molecular flexibility index (Phi) is 6.03. The van der Waals surface area contributed by atoms with Crippen molar-refractivity contribution in [2.45, 2.75) is 17.0 Å². The molecule has 0 saturated heterocycles. The van der Waals surface area contributed by atoms with Gasteiger partial charge in [-0.05, 0) is 47.9 Å². The molecule has 1 N–H and O–H groups in total. The molecular weight excluding hydrogens is 398 g/mol. The lowest BCUT2D eigenvalue weighted by molar-refractivity contribution is 0.0955. The van der Waals surface area contributed by atoms with Gasteiger partial charge in [0.15, 0.2) is 4.34 Å². The molecule has 0 aliphatic carbocycles. The second-order valence-corrected chi connectivity index (χ2v) is 8.74. The molecule has 144 valence electrons. The van der Waals surface area contributed by atoms with Crippen LogP contribution >= 0.6 is 23.1 Å². The number of hydrazone groups is 1. The number of fused-ring (bicyclic) bond motifs is 1. The molecule has 0 spiro atoms. The number of nitrogens with zero attached hydrogens (tertiary/aromatic N) is 2. The first-order valence-corrected chi connectivity index (χ1v) is 11.0. The smallest absolute Gasteiger partial charge is 0.267 e. The SMILES string of the molecule is Cc1ccccc1/C=N\NC(=O)c1ccc(CSc2nc3ccccc3s2)cc1. The minimum absolute atomic E-state index is 0.222. The summed E-state index contributed by atoms with van der Waals surface area (Å²) in [6.07, 6.45) is 1.66. The first kappa shape index (κ1) is 19.4. The Morgan fingerprint density at radius 3 is 2.62 bits per heavy atom. The van der Waals surface area contributed by atoms with Crippen LogP contribution in [-0.2, 0) is 5.75 Å².